The van der Waals surface area contributed by atoms with Gasteiger partial charge in [0.2, 0.25) is 6.41 Å². The second-order valence-electron chi connectivity index (χ2n) is 8.89. The summed E-state index contributed by atoms with van der Waals surface area (Å²) in [6, 6.07) is 5.29. The van der Waals surface area contributed by atoms with E-state index in [1.165, 1.54) is 26.1 Å². The van der Waals surface area contributed by atoms with Gasteiger partial charge in [-0.15, -0.1) is 0 Å². The maximum atomic E-state index is 13.7. The molecule has 3 N–H and O–H groups in total. The highest BCUT2D eigenvalue weighted by Crippen LogP contribution is 2.39. The molecule has 1 aliphatic rings. The Morgan fingerprint density at radius 1 is 1.17 bits per heavy atom. The van der Waals surface area contributed by atoms with Crippen molar-refractivity contribution in [2.75, 3.05) is 26.7 Å². The van der Waals surface area contributed by atoms with E-state index >= 15 is 0 Å². The zero-order chi connectivity index (χ0) is 30.5. The number of hydrogen-bond donors (Lipinski definition) is 3. The van der Waals surface area contributed by atoms with Crippen molar-refractivity contribution in [1.29, 1.82) is 0 Å². The number of benzene rings is 2. The molecule has 9 nitrogen and oxygen atoms in total. The molecule has 2 aromatic carbocycles. The SMILES string of the molecule is CC(OC1OCCN(C/C(=N/N(C)P(O)O)NC=O)C1c1ccc(F)cc1)c1cc(C(F)(F)F)cc(C(F)(F)F)c1. The molecule has 226 valence electrons. The van der Waals surface area contributed by atoms with Crippen molar-refractivity contribution in [1.82, 2.24) is 15.0 Å². The second-order valence-corrected chi connectivity index (χ2v) is 10.0. The first kappa shape index (κ1) is 32.6. The number of morpholine rings is 1. The molecule has 1 amide bonds. The number of carbonyl (C=O) groups is 1. The van der Waals surface area contributed by atoms with Crippen LogP contribution in [-0.2, 0) is 26.6 Å². The molecule has 0 aliphatic carbocycles. The molecule has 3 rings (SSSR count). The third-order valence-corrected chi connectivity index (χ3v) is 6.65. The van der Waals surface area contributed by atoms with Gasteiger partial charge < -0.3 is 24.6 Å². The Morgan fingerprint density at radius 2 is 1.76 bits per heavy atom. The Morgan fingerprint density at radius 3 is 2.27 bits per heavy atom. The Kier molecular flexibility index (Phi) is 10.7. The van der Waals surface area contributed by atoms with E-state index < -0.39 is 61.8 Å². The Balaban J connectivity index is 1.98. The van der Waals surface area contributed by atoms with Crippen LogP contribution in [0.25, 0.3) is 0 Å². The van der Waals surface area contributed by atoms with Crippen LogP contribution in [0.3, 0.4) is 0 Å². The molecule has 0 radical (unpaired) electrons. The summed E-state index contributed by atoms with van der Waals surface area (Å²) >= 11 is 0. The fraction of sp³-hybridized carbons (Fsp3) is 0.417. The number of carbonyl (C=O) groups excluding carboxylic acids is 1. The Hall–Kier alpha value is -2.88. The number of ether oxygens (including phenoxy) is 2. The Bertz CT molecular complexity index is 1180. The molecule has 2 aromatic rings. The fourth-order valence-electron chi connectivity index (χ4n) is 4.08. The molecule has 1 heterocycles. The van der Waals surface area contributed by atoms with E-state index in [2.05, 4.69) is 10.4 Å². The van der Waals surface area contributed by atoms with Gasteiger partial charge in [-0.05, 0) is 48.4 Å². The van der Waals surface area contributed by atoms with Gasteiger partial charge in [0.05, 0.1) is 36.4 Å². The first-order chi connectivity index (χ1) is 19.1. The molecule has 41 heavy (non-hydrogen) atoms. The van der Waals surface area contributed by atoms with Crippen LogP contribution in [0.4, 0.5) is 30.7 Å². The molecule has 1 aliphatic heterocycles. The summed E-state index contributed by atoms with van der Waals surface area (Å²) in [6.07, 6.45) is -12.4. The van der Waals surface area contributed by atoms with Crippen molar-refractivity contribution in [3.63, 3.8) is 0 Å². The van der Waals surface area contributed by atoms with Crippen molar-refractivity contribution in [2.24, 2.45) is 5.10 Å². The van der Waals surface area contributed by atoms with Gasteiger partial charge in [0, 0.05) is 13.6 Å². The minimum absolute atomic E-state index is 0.0115. The number of halogens is 7. The molecule has 0 saturated carbocycles. The van der Waals surface area contributed by atoms with Crippen LogP contribution >= 0.6 is 8.53 Å². The first-order valence-electron chi connectivity index (χ1n) is 11.8. The van der Waals surface area contributed by atoms with E-state index in [0.717, 1.165) is 16.9 Å². The highest BCUT2D eigenvalue weighted by Gasteiger charge is 2.39. The van der Waals surface area contributed by atoms with Crippen molar-refractivity contribution in [3.8, 4) is 0 Å². The van der Waals surface area contributed by atoms with Gasteiger partial charge in [-0.25, -0.2) is 9.17 Å². The van der Waals surface area contributed by atoms with Crippen molar-refractivity contribution in [3.05, 3.63) is 70.5 Å². The largest absolute Gasteiger partial charge is 0.416 e. The number of hydrogen-bond acceptors (Lipinski definition) is 8. The van der Waals surface area contributed by atoms with E-state index in [9.17, 15) is 45.3 Å². The highest BCUT2D eigenvalue weighted by molar-refractivity contribution is 7.42. The van der Waals surface area contributed by atoms with Crippen molar-refractivity contribution < 1.29 is 54.8 Å². The number of rotatable bonds is 9. The van der Waals surface area contributed by atoms with Crippen LogP contribution in [0.2, 0.25) is 0 Å². The quantitative estimate of drug-likeness (QED) is 0.0951. The summed E-state index contributed by atoms with van der Waals surface area (Å²) in [5, 5.41) is 6.28. The molecule has 1 saturated heterocycles. The van der Waals surface area contributed by atoms with E-state index in [0.29, 0.717) is 24.1 Å². The van der Waals surface area contributed by atoms with Gasteiger partial charge in [-0.1, -0.05) is 12.1 Å². The number of hydrazone groups is 1. The van der Waals surface area contributed by atoms with Gasteiger partial charge in [0.15, 0.2) is 6.29 Å². The van der Waals surface area contributed by atoms with Crippen molar-refractivity contribution >= 4 is 20.8 Å². The standard InChI is InChI=1S/C24H26F7N4O5P/c1-14(16-9-17(23(26,27)28)11-18(10-16)24(29,30)31)40-22-21(15-3-5-19(25)6-4-15)35(7-8-39-22)12-20(32-13-36)33-34(2)41(37)38/h3-6,9-11,13-14,21-22,37-38H,7-8,12H2,1-2H3,(H,32,33,36). The average molecular weight is 614 g/mol. The number of nitrogens with one attached hydrogen (secondary N) is 1. The normalized spacial score (nSPS) is 19.8. The van der Waals surface area contributed by atoms with E-state index in [-0.39, 0.29) is 31.6 Å². The van der Waals surface area contributed by atoms with Crippen LogP contribution in [0, 0.1) is 5.82 Å². The second kappa shape index (κ2) is 13.4. The third-order valence-electron chi connectivity index (χ3n) is 6.04. The van der Waals surface area contributed by atoms with Crippen LogP contribution in [0.5, 0.6) is 0 Å². The molecule has 3 atom stereocenters. The summed E-state index contributed by atoms with van der Waals surface area (Å²) in [7, 11) is -1.39. The van der Waals surface area contributed by atoms with Gasteiger partial charge in [-0.2, -0.15) is 31.4 Å². The molecular weight excluding hydrogens is 588 g/mol. The van der Waals surface area contributed by atoms with E-state index in [1.54, 1.807) is 4.90 Å². The Labute approximate surface area is 231 Å². The minimum atomic E-state index is -5.05. The highest BCUT2D eigenvalue weighted by atomic mass is 31.2. The third kappa shape index (κ3) is 8.80. The van der Waals surface area contributed by atoms with Crippen molar-refractivity contribution in [2.45, 2.75) is 37.7 Å². The first-order valence-corrected chi connectivity index (χ1v) is 13.0. The van der Waals surface area contributed by atoms with Crippen LogP contribution < -0.4 is 5.32 Å². The minimum Gasteiger partial charge on any atom is -0.349 e. The number of amides is 1. The molecule has 0 bridgehead atoms. The lowest BCUT2D eigenvalue weighted by Crippen LogP contribution is -2.50. The van der Waals surface area contributed by atoms with Gasteiger partial charge in [-0.3, -0.25) is 9.69 Å². The lowest BCUT2D eigenvalue weighted by atomic mass is 10.0. The van der Waals surface area contributed by atoms with Crippen LogP contribution in [-0.4, -0.2) is 64.7 Å². The fourth-order valence-corrected chi connectivity index (χ4v) is 4.27. The summed E-state index contributed by atoms with van der Waals surface area (Å²) in [6.45, 7) is 1.28. The molecular formula is C24H26F7N4O5P. The summed E-state index contributed by atoms with van der Waals surface area (Å²) in [4.78, 5) is 31.6. The molecule has 0 aromatic heterocycles. The average Bonchev–Trinajstić information content (AvgIpc) is 2.88. The lowest BCUT2D eigenvalue weighted by molar-refractivity contribution is -0.227. The molecule has 17 heteroatoms. The molecule has 1 fully saturated rings. The summed E-state index contributed by atoms with van der Waals surface area (Å²) in [5.74, 6) is -0.608. The smallest absolute Gasteiger partial charge is 0.349 e. The predicted molar refractivity (Wildman–Crippen MR) is 132 cm³/mol. The zero-order valence-electron chi connectivity index (χ0n) is 21.5. The summed E-state index contributed by atoms with van der Waals surface area (Å²) in [5.41, 5.74) is -3.00. The maximum absolute atomic E-state index is 13.7. The number of nitrogens with zero attached hydrogens (tertiary/aromatic N) is 3. The lowest BCUT2D eigenvalue weighted by Gasteiger charge is -2.42. The van der Waals surface area contributed by atoms with Crippen LogP contribution in [0.15, 0.2) is 47.6 Å². The van der Waals surface area contributed by atoms with E-state index in [1.807, 2.05) is 0 Å². The molecule has 3 unspecified atom stereocenters. The molecule has 0 spiro atoms. The number of alkyl halides is 6. The number of amidine groups is 1. The predicted octanol–water partition coefficient (Wildman–Crippen LogP) is 4.54. The summed E-state index contributed by atoms with van der Waals surface area (Å²) < 4.78 is 107. The monoisotopic (exact) mass is 614 g/mol. The van der Waals surface area contributed by atoms with Gasteiger partial charge >= 0.3 is 20.9 Å². The van der Waals surface area contributed by atoms with E-state index in [4.69, 9.17) is 9.47 Å². The zero-order valence-corrected chi connectivity index (χ0v) is 22.4. The topological polar surface area (TPSA) is 107 Å². The van der Waals surface area contributed by atoms with Gasteiger partial charge in [0.1, 0.15) is 11.7 Å². The van der Waals surface area contributed by atoms with Gasteiger partial charge in [0.25, 0.3) is 0 Å². The van der Waals surface area contributed by atoms with Crippen LogP contribution in [0.1, 0.15) is 41.3 Å². The maximum Gasteiger partial charge on any atom is 0.416 e.